The smallest absolute Gasteiger partial charge is 0.00835 e. The van der Waals surface area contributed by atoms with Crippen LogP contribution in [0.3, 0.4) is 0 Å². The van der Waals surface area contributed by atoms with Crippen LogP contribution in [0.5, 0.6) is 0 Å². The van der Waals surface area contributed by atoms with Crippen LogP contribution in [-0.2, 0) is 0 Å². The predicted molar refractivity (Wildman–Crippen MR) is 36.2 cm³/mol. The van der Waals surface area contributed by atoms with Gasteiger partial charge in [-0.05, 0) is 12.8 Å². The Bertz CT molecular complexity index is 68.2. The van der Waals surface area contributed by atoms with Crippen LogP contribution in [0.4, 0.5) is 0 Å². The highest BCUT2D eigenvalue weighted by atomic mass is 32.1. The molecule has 0 aliphatic carbocycles. The third-order valence-electron chi connectivity index (χ3n) is 0.568. The zero-order valence-electron chi connectivity index (χ0n) is 5.06. The van der Waals surface area contributed by atoms with Crippen LogP contribution in [0.15, 0.2) is 11.0 Å². The molecule has 0 unspecified atom stereocenters. The summed E-state index contributed by atoms with van der Waals surface area (Å²) in [6.07, 6.45) is 2.06. The van der Waals surface area contributed by atoms with Crippen molar-refractivity contribution >= 4 is 12.6 Å². The molecule has 41 valence electrons. The summed E-state index contributed by atoms with van der Waals surface area (Å²) in [5, 5.41) is 0. The van der Waals surface area contributed by atoms with Crippen LogP contribution in [0.1, 0.15) is 20.8 Å². The lowest BCUT2D eigenvalue weighted by molar-refractivity contribution is 0.828. The van der Waals surface area contributed by atoms with Gasteiger partial charge in [-0.25, -0.2) is 0 Å². The van der Waals surface area contributed by atoms with E-state index >= 15 is 0 Å². The van der Waals surface area contributed by atoms with Crippen LogP contribution in [0.25, 0.3) is 0 Å². The molecule has 0 bridgehead atoms. The molecule has 0 fully saturated rings. The summed E-state index contributed by atoms with van der Waals surface area (Å²) in [5.74, 6) is 0.609. The lowest BCUT2D eigenvalue weighted by Gasteiger charge is -1.91. The van der Waals surface area contributed by atoms with E-state index in [0.29, 0.717) is 5.92 Å². The molecule has 1 radical (unpaired) electrons. The largest absolute Gasteiger partial charge is 0.0856 e. The zero-order chi connectivity index (χ0) is 5.86. The van der Waals surface area contributed by atoms with Gasteiger partial charge in [-0.15, -0.1) is 0 Å². The molecular weight excluding hydrogens is 104 g/mol. The fourth-order valence-corrected chi connectivity index (χ4v) is 0.742. The fourth-order valence-electron chi connectivity index (χ4n) is 0.469. The van der Waals surface area contributed by atoms with Crippen LogP contribution >= 0.6 is 12.6 Å². The predicted octanol–water partition coefficient (Wildman–Crippen LogP) is 2.74. The van der Waals surface area contributed by atoms with Gasteiger partial charge >= 0.3 is 0 Å². The van der Waals surface area contributed by atoms with Gasteiger partial charge in [0.1, 0.15) is 0 Å². The van der Waals surface area contributed by atoms with E-state index in [0.717, 1.165) is 4.91 Å². The maximum Gasteiger partial charge on any atom is 0.00835 e. The van der Waals surface area contributed by atoms with Crippen molar-refractivity contribution in [2.75, 3.05) is 0 Å². The second-order valence-corrected chi connectivity index (χ2v) is 2.67. The van der Waals surface area contributed by atoms with E-state index in [4.69, 9.17) is 12.6 Å². The van der Waals surface area contributed by atoms with E-state index in [1.165, 1.54) is 0 Å². The molecule has 0 N–H and O–H groups in total. The SMILES string of the molecule is CC([S])=CC(C)C. The average Bonchev–Trinajstić information content (AvgIpc) is 1.27. The normalized spacial score (nSPS) is 12.9. The molecule has 0 saturated heterocycles. The Morgan fingerprint density at radius 1 is 1.57 bits per heavy atom. The summed E-state index contributed by atoms with van der Waals surface area (Å²) >= 11 is 4.82. The van der Waals surface area contributed by atoms with Gasteiger partial charge in [-0.2, -0.15) is 0 Å². The first-order chi connectivity index (χ1) is 3.13. The average molecular weight is 115 g/mol. The van der Waals surface area contributed by atoms with Gasteiger partial charge in [0, 0.05) is 4.91 Å². The highest BCUT2D eigenvalue weighted by molar-refractivity contribution is 7.84. The topological polar surface area (TPSA) is 0 Å². The minimum Gasteiger partial charge on any atom is -0.0856 e. The quantitative estimate of drug-likeness (QED) is 0.493. The molecule has 0 heterocycles. The van der Waals surface area contributed by atoms with Gasteiger partial charge in [0.25, 0.3) is 0 Å². The van der Waals surface area contributed by atoms with Gasteiger partial charge in [0.2, 0.25) is 0 Å². The molecule has 0 aliphatic rings. The number of hydrogen-bond donors (Lipinski definition) is 0. The van der Waals surface area contributed by atoms with Crippen molar-refractivity contribution in [2.45, 2.75) is 20.8 Å². The van der Waals surface area contributed by atoms with Gasteiger partial charge in [0.15, 0.2) is 0 Å². The van der Waals surface area contributed by atoms with Crippen molar-refractivity contribution < 1.29 is 0 Å². The second kappa shape index (κ2) is 3.03. The van der Waals surface area contributed by atoms with Gasteiger partial charge < -0.3 is 0 Å². The first-order valence-corrected chi connectivity index (χ1v) is 2.89. The molecular formula is C6H11S. The van der Waals surface area contributed by atoms with Crippen molar-refractivity contribution in [1.82, 2.24) is 0 Å². The molecule has 0 rings (SSSR count). The lowest BCUT2D eigenvalue weighted by Crippen LogP contribution is -1.76. The van der Waals surface area contributed by atoms with Gasteiger partial charge in [-0.1, -0.05) is 32.6 Å². The highest BCUT2D eigenvalue weighted by Crippen LogP contribution is 2.03. The molecule has 0 aromatic heterocycles. The highest BCUT2D eigenvalue weighted by Gasteiger charge is 1.84. The second-order valence-electron chi connectivity index (χ2n) is 2.02. The zero-order valence-corrected chi connectivity index (χ0v) is 5.88. The summed E-state index contributed by atoms with van der Waals surface area (Å²) in [4.78, 5) is 0.995. The molecule has 0 aromatic carbocycles. The van der Waals surface area contributed by atoms with E-state index in [1.54, 1.807) is 0 Å². The van der Waals surface area contributed by atoms with Crippen LogP contribution in [-0.4, -0.2) is 0 Å². The standard InChI is InChI=1S/C6H11S/c1-5(2)4-6(3)7/h4-5H,1-3H3. The number of rotatable bonds is 1. The van der Waals surface area contributed by atoms with Crippen LogP contribution in [0.2, 0.25) is 0 Å². The Morgan fingerprint density at radius 3 is 2.00 bits per heavy atom. The van der Waals surface area contributed by atoms with Crippen LogP contribution < -0.4 is 0 Å². The number of allylic oxidation sites excluding steroid dienone is 2. The van der Waals surface area contributed by atoms with E-state index in [1.807, 2.05) is 6.92 Å². The molecule has 0 aromatic rings. The summed E-state index contributed by atoms with van der Waals surface area (Å²) < 4.78 is 0. The first kappa shape index (κ1) is 6.96. The van der Waals surface area contributed by atoms with Crippen molar-refractivity contribution in [3.8, 4) is 0 Å². The maximum absolute atomic E-state index is 4.82. The molecule has 0 spiro atoms. The fraction of sp³-hybridized carbons (Fsp3) is 0.667. The molecule has 0 amide bonds. The molecule has 1 heteroatoms. The Labute approximate surface area is 51.0 Å². The Morgan fingerprint density at radius 2 is 2.00 bits per heavy atom. The first-order valence-electron chi connectivity index (χ1n) is 2.48. The third-order valence-corrected chi connectivity index (χ3v) is 0.704. The van der Waals surface area contributed by atoms with E-state index in [2.05, 4.69) is 19.9 Å². The monoisotopic (exact) mass is 115 g/mol. The Kier molecular flexibility index (Phi) is 3.01. The summed E-state index contributed by atoms with van der Waals surface area (Å²) in [5.41, 5.74) is 0. The minimum atomic E-state index is 0.609. The van der Waals surface area contributed by atoms with Crippen LogP contribution in [0, 0.1) is 5.92 Å². The maximum atomic E-state index is 4.82. The van der Waals surface area contributed by atoms with Crippen molar-refractivity contribution in [2.24, 2.45) is 5.92 Å². The van der Waals surface area contributed by atoms with E-state index < -0.39 is 0 Å². The van der Waals surface area contributed by atoms with E-state index in [9.17, 15) is 0 Å². The van der Waals surface area contributed by atoms with Crippen molar-refractivity contribution in [3.05, 3.63) is 11.0 Å². The van der Waals surface area contributed by atoms with Crippen molar-refractivity contribution in [3.63, 3.8) is 0 Å². The third kappa shape index (κ3) is 5.96. The summed E-state index contributed by atoms with van der Waals surface area (Å²) in [6.45, 7) is 6.18. The molecule has 7 heavy (non-hydrogen) atoms. The van der Waals surface area contributed by atoms with E-state index in [-0.39, 0.29) is 0 Å². The molecule has 0 atom stereocenters. The summed E-state index contributed by atoms with van der Waals surface area (Å²) in [7, 11) is 0. The Balaban J connectivity index is 3.45. The molecule has 0 aliphatic heterocycles. The lowest BCUT2D eigenvalue weighted by atomic mass is 10.2. The van der Waals surface area contributed by atoms with Gasteiger partial charge in [0.05, 0.1) is 0 Å². The number of hydrogen-bond acceptors (Lipinski definition) is 0. The Hall–Kier alpha value is -0.0400. The minimum absolute atomic E-state index is 0.609. The summed E-state index contributed by atoms with van der Waals surface area (Å²) in [6, 6.07) is 0. The molecule has 0 saturated carbocycles. The van der Waals surface area contributed by atoms with Gasteiger partial charge in [-0.3, -0.25) is 0 Å². The van der Waals surface area contributed by atoms with Crippen molar-refractivity contribution in [1.29, 1.82) is 0 Å². The molecule has 0 nitrogen and oxygen atoms in total.